The predicted molar refractivity (Wildman–Crippen MR) is 135 cm³/mol. The van der Waals surface area contributed by atoms with Crippen molar-refractivity contribution in [3.63, 3.8) is 0 Å². The van der Waals surface area contributed by atoms with Crippen molar-refractivity contribution in [3.8, 4) is 11.8 Å². The van der Waals surface area contributed by atoms with E-state index in [9.17, 15) is 19.8 Å². The molecule has 0 aromatic carbocycles. The van der Waals surface area contributed by atoms with Gasteiger partial charge in [0.2, 0.25) is 5.82 Å². The van der Waals surface area contributed by atoms with Crippen molar-refractivity contribution in [3.05, 3.63) is 12.2 Å². The third kappa shape index (κ3) is 5.97. The molecule has 2 aromatic rings. The number of hydrogen-bond donors (Lipinski definition) is 4. The van der Waals surface area contributed by atoms with Crippen LogP contribution in [0.2, 0.25) is 0 Å². The van der Waals surface area contributed by atoms with E-state index < -0.39 is 30.4 Å². The third-order valence-electron chi connectivity index (χ3n) is 6.24. The largest absolute Gasteiger partial charge is 0.449 e. The molecule has 2 saturated heterocycles. The van der Waals surface area contributed by atoms with E-state index >= 15 is 0 Å². The van der Waals surface area contributed by atoms with Crippen LogP contribution in [0.5, 0.6) is 0 Å². The van der Waals surface area contributed by atoms with Crippen molar-refractivity contribution in [1.29, 1.82) is 0 Å². The molecular formula is C24H34N8O6. The Bertz CT molecular complexity index is 1220. The molecule has 206 valence electrons. The number of nitrogens with one attached hydrogen (secondary N) is 1. The summed E-state index contributed by atoms with van der Waals surface area (Å²) in [6.07, 6.45) is -4.12. The van der Waals surface area contributed by atoms with E-state index in [1.54, 1.807) is 11.8 Å². The van der Waals surface area contributed by atoms with E-state index in [-0.39, 0.29) is 34.8 Å². The maximum atomic E-state index is 12.2. The lowest BCUT2D eigenvalue weighted by molar-refractivity contribution is -0.137. The standard InChI is InChI=1S/C24H34N8O6/c1-4-26-22(35)19-17(33)18(34)23(38-19)32-13-27-16-20(25)28-15(29-21(16)32)6-5-7-30-8-10-31(11-9-30)24(36)37-12-14(2)3/h13-14,17-19,23,33-34H,4,7-12H2,1-3H3,(H,26,35)(H2,25,28,29). The van der Waals surface area contributed by atoms with Gasteiger partial charge in [-0.05, 0) is 18.8 Å². The highest BCUT2D eigenvalue weighted by molar-refractivity contribution is 5.83. The van der Waals surface area contributed by atoms with E-state index in [0.717, 1.165) is 0 Å². The van der Waals surface area contributed by atoms with Crippen molar-refractivity contribution >= 4 is 29.0 Å². The SMILES string of the molecule is CCNC(=O)C1OC(n2cnc3c(N)nc(C#CCN4CCN(C(=O)OCC(C)C)CC4)nc32)C(O)C1O. The van der Waals surface area contributed by atoms with Crippen molar-refractivity contribution in [2.75, 3.05) is 51.6 Å². The van der Waals surface area contributed by atoms with Crippen LogP contribution in [0, 0.1) is 17.8 Å². The highest BCUT2D eigenvalue weighted by Gasteiger charge is 2.47. The van der Waals surface area contributed by atoms with E-state index in [1.807, 2.05) is 13.8 Å². The van der Waals surface area contributed by atoms with Crippen LogP contribution >= 0.6 is 0 Å². The fourth-order valence-corrected chi connectivity index (χ4v) is 4.21. The molecule has 14 nitrogen and oxygen atoms in total. The van der Waals surface area contributed by atoms with Crippen LogP contribution in [-0.4, -0.2) is 116 Å². The molecule has 4 atom stereocenters. The van der Waals surface area contributed by atoms with Crippen molar-refractivity contribution in [2.45, 2.75) is 45.3 Å². The van der Waals surface area contributed by atoms with E-state index in [4.69, 9.17) is 15.2 Å². The van der Waals surface area contributed by atoms with E-state index in [0.29, 0.717) is 45.9 Å². The van der Waals surface area contributed by atoms with E-state index in [1.165, 1.54) is 10.9 Å². The number of ether oxygens (including phenoxy) is 2. The Kier molecular flexibility index (Phi) is 8.62. The minimum Gasteiger partial charge on any atom is -0.449 e. The summed E-state index contributed by atoms with van der Waals surface area (Å²) >= 11 is 0. The normalized spacial score (nSPS) is 23.9. The number of nitrogen functional groups attached to an aromatic ring is 1. The molecular weight excluding hydrogens is 496 g/mol. The maximum Gasteiger partial charge on any atom is 0.409 e. The number of aliphatic hydroxyl groups is 2. The molecule has 2 fully saturated rings. The minimum absolute atomic E-state index is 0.0971. The van der Waals surface area contributed by atoms with Gasteiger partial charge in [-0.3, -0.25) is 14.3 Å². The van der Waals surface area contributed by atoms with Gasteiger partial charge in [0, 0.05) is 32.7 Å². The summed E-state index contributed by atoms with van der Waals surface area (Å²) in [5, 5.41) is 23.5. The van der Waals surface area contributed by atoms with Gasteiger partial charge in [-0.15, -0.1) is 0 Å². The van der Waals surface area contributed by atoms with Gasteiger partial charge in [0.15, 0.2) is 23.8 Å². The molecule has 14 heteroatoms. The summed E-state index contributed by atoms with van der Waals surface area (Å²) in [6.45, 7) is 9.35. The summed E-state index contributed by atoms with van der Waals surface area (Å²) < 4.78 is 12.4. The number of carbonyl (C=O) groups excluding carboxylic acids is 2. The lowest BCUT2D eigenvalue weighted by Crippen LogP contribution is -2.49. The molecule has 4 unspecified atom stereocenters. The van der Waals surface area contributed by atoms with Gasteiger partial charge in [-0.25, -0.2) is 19.7 Å². The number of fused-ring (bicyclic) bond motifs is 1. The van der Waals surface area contributed by atoms with E-state index in [2.05, 4.69) is 37.0 Å². The Labute approximate surface area is 220 Å². The van der Waals surface area contributed by atoms with Crippen LogP contribution in [0.3, 0.4) is 0 Å². The first-order valence-corrected chi connectivity index (χ1v) is 12.6. The second-order valence-electron chi connectivity index (χ2n) is 9.62. The molecule has 0 bridgehead atoms. The molecule has 2 aliphatic heterocycles. The Hall–Kier alpha value is -3.51. The zero-order valence-electron chi connectivity index (χ0n) is 21.7. The first-order chi connectivity index (χ1) is 18.2. The lowest BCUT2D eigenvalue weighted by atomic mass is 10.1. The van der Waals surface area contributed by atoms with Gasteiger partial charge in [0.25, 0.3) is 5.91 Å². The molecule has 38 heavy (non-hydrogen) atoms. The van der Waals surface area contributed by atoms with Crippen LogP contribution in [0.1, 0.15) is 32.8 Å². The average molecular weight is 531 g/mol. The number of rotatable bonds is 6. The zero-order chi connectivity index (χ0) is 27.4. The molecule has 4 heterocycles. The Balaban J connectivity index is 1.42. The van der Waals surface area contributed by atoms with Gasteiger partial charge >= 0.3 is 6.09 Å². The van der Waals surface area contributed by atoms with Gasteiger partial charge in [0.05, 0.1) is 19.5 Å². The molecule has 0 spiro atoms. The first kappa shape index (κ1) is 27.5. The summed E-state index contributed by atoms with van der Waals surface area (Å²) in [5.41, 5.74) is 6.61. The molecule has 0 saturated carbocycles. The Morgan fingerprint density at radius 3 is 2.66 bits per heavy atom. The smallest absolute Gasteiger partial charge is 0.409 e. The monoisotopic (exact) mass is 530 g/mol. The second kappa shape index (κ2) is 11.9. The number of piperazine rings is 1. The van der Waals surface area contributed by atoms with Crippen molar-refractivity contribution in [2.24, 2.45) is 5.92 Å². The number of aromatic nitrogens is 4. The lowest BCUT2D eigenvalue weighted by Gasteiger charge is -2.33. The number of hydrogen-bond acceptors (Lipinski definition) is 11. The summed E-state index contributed by atoms with van der Waals surface area (Å²) in [6, 6.07) is 0. The fourth-order valence-electron chi connectivity index (χ4n) is 4.21. The number of likely N-dealkylation sites (N-methyl/N-ethyl adjacent to an activating group) is 1. The van der Waals surface area contributed by atoms with Gasteiger partial charge in [-0.1, -0.05) is 19.8 Å². The van der Waals surface area contributed by atoms with Crippen LogP contribution in [0.4, 0.5) is 10.6 Å². The van der Waals surface area contributed by atoms with Crippen LogP contribution in [0.25, 0.3) is 11.2 Å². The molecule has 0 radical (unpaired) electrons. The predicted octanol–water partition coefficient (Wildman–Crippen LogP) is -1.07. The quantitative estimate of drug-likeness (QED) is 0.334. The number of aliphatic hydroxyl groups excluding tert-OH is 2. The summed E-state index contributed by atoms with van der Waals surface area (Å²) in [4.78, 5) is 41.0. The number of nitrogens with zero attached hydrogens (tertiary/aromatic N) is 6. The first-order valence-electron chi connectivity index (χ1n) is 12.6. The van der Waals surface area contributed by atoms with Gasteiger partial charge in [-0.2, -0.15) is 0 Å². The molecule has 5 N–H and O–H groups in total. The fraction of sp³-hybridized carbons (Fsp3) is 0.625. The zero-order valence-corrected chi connectivity index (χ0v) is 21.7. The average Bonchev–Trinajstić information content (AvgIpc) is 3.44. The molecule has 4 rings (SSSR count). The number of imidazole rings is 1. The number of amides is 2. The second-order valence-corrected chi connectivity index (χ2v) is 9.62. The van der Waals surface area contributed by atoms with Crippen molar-refractivity contribution < 1.29 is 29.3 Å². The minimum atomic E-state index is -1.43. The summed E-state index contributed by atoms with van der Waals surface area (Å²) in [5.74, 6) is 5.96. The Morgan fingerprint density at radius 2 is 1.97 bits per heavy atom. The van der Waals surface area contributed by atoms with Gasteiger partial charge in [0.1, 0.15) is 17.7 Å². The molecule has 0 aliphatic carbocycles. The van der Waals surface area contributed by atoms with Crippen LogP contribution in [0.15, 0.2) is 6.33 Å². The number of nitrogens with two attached hydrogens (primary N) is 1. The summed E-state index contributed by atoms with van der Waals surface area (Å²) in [7, 11) is 0. The third-order valence-corrected chi connectivity index (χ3v) is 6.24. The molecule has 2 aliphatic rings. The van der Waals surface area contributed by atoms with Crippen LogP contribution < -0.4 is 11.1 Å². The maximum absolute atomic E-state index is 12.2. The topological polar surface area (TPSA) is 181 Å². The highest BCUT2D eigenvalue weighted by atomic mass is 16.6. The number of carbonyl (C=O) groups is 2. The Morgan fingerprint density at radius 1 is 1.24 bits per heavy atom. The number of anilines is 1. The highest BCUT2D eigenvalue weighted by Crippen LogP contribution is 2.32. The molecule has 2 amide bonds. The van der Waals surface area contributed by atoms with Gasteiger partial charge < -0.3 is 35.6 Å². The van der Waals surface area contributed by atoms with Crippen molar-refractivity contribution in [1.82, 2.24) is 34.6 Å². The van der Waals surface area contributed by atoms with Crippen LogP contribution in [-0.2, 0) is 14.3 Å². The molecule has 2 aromatic heterocycles.